The van der Waals surface area contributed by atoms with Crippen LogP contribution >= 0.6 is 0 Å². The van der Waals surface area contributed by atoms with Gasteiger partial charge in [-0.15, -0.1) is 0 Å². The van der Waals surface area contributed by atoms with Crippen LogP contribution in [-0.2, 0) is 0 Å². The summed E-state index contributed by atoms with van der Waals surface area (Å²) in [6.45, 7) is 6.17. The molecule has 5 nitrogen and oxygen atoms in total. The van der Waals surface area contributed by atoms with Crippen LogP contribution in [0, 0.1) is 0 Å². The molecule has 0 spiro atoms. The molecule has 1 amide bonds. The van der Waals surface area contributed by atoms with Crippen LogP contribution in [0.15, 0.2) is 12.3 Å². The molecular weight excluding hydrogens is 204 g/mol. The standard InChI is InChI=1S/C11H18N4O/c1-4-11(2,3)15-9-5-7(10(13)16)8(12)6-14-9/h5-6H,4,12H2,1-3H3,(H2,13,16)(H,14,15). The number of primary amides is 1. The number of pyridine rings is 1. The number of nitrogens with two attached hydrogens (primary N) is 2. The molecule has 1 aromatic heterocycles. The Morgan fingerprint density at radius 3 is 2.69 bits per heavy atom. The van der Waals surface area contributed by atoms with Crippen molar-refractivity contribution in [3.05, 3.63) is 17.8 Å². The van der Waals surface area contributed by atoms with E-state index in [1.165, 1.54) is 6.20 Å². The SMILES string of the molecule is CCC(C)(C)Nc1cc(C(N)=O)c(N)cn1. The monoisotopic (exact) mass is 222 g/mol. The van der Waals surface area contributed by atoms with Gasteiger partial charge in [0.15, 0.2) is 0 Å². The number of anilines is 2. The number of amides is 1. The minimum atomic E-state index is -0.544. The second-order valence-corrected chi connectivity index (χ2v) is 4.38. The fourth-order valence-electron chi connectivity index (χ4n) is 1.18. The predicted octanol–water partition coefficient (Wildman–Crippen LogP) is 1.36. The van der Waals surface area contributed by atoms with Crippen LogP contribution in [0.3, 0.4) is 0 Å². The van der Waals surface area contributed by atoms with Crippen molar-refractivity contribution in [3.8, 4) is 0 Å². The zero-order chi connectivity index (χ0) is 12.3. The molecule has 0 atom stereocenters. The van der Waals surface area contributed by atoms with E-state index in [-0.39, 0.29) is 5.54 Å². The van der Waals surface area contributed by atoms with Crippen LogP contribution in [-0.4, -0.2) is 16.4 Å². The molecule has 5 heteroatoms. The summed E-state index contributed by atoms with van der Waals surface area (Å²) in [6.07, 6.45) is 2.37. The minimum Gasteiger partial charge on any atom is -0.397 e. The average molecular weight is 222 g/mol. The molecule has 0 bridgehead atoms. The number of nitrogens with one attached hydrogen (secondary N) is 1. The van der Waals surface area contributed by atoms with Gasteiger partial charge in [-0.25, -0.2) is 4.98 Å². The van der Waals surface area contributed by atoms with Crippen LogP contribution in [0.5, 0.6) is 0 Å². The zero-order valence-electron chi connectivity index (χ0n) is 9.87. The molecular formula is C11H18N4O. The summed E-state index contributed by atoms with van der Waals surface area (Å²) in [7, 11) is 0. The van der Waals surface area contributed by atoms with Gasteiger partial charge in [0.05, 0.1) is 17.4 Å². The van der Waals surface area contributed by atoms with Gasteiger partial charge in [0.25, 0.3) is 5.91 Å². The molecule has 1 aromatic rings. The van der Waals surface area contributed by atoms with E-state index < -0.39 is 5.91 Å². The van der Waals surface area contributed by atoms with E-state index in [0.717, 1.165) is 6.42 Å². The molecule has 0 aliphatic carbocycles. The first kappa shape index (κ1) is 12.3. The molecule has 16 heavy (non-hydrogen) atoms. The lowest BCUT2D eigenvalue weighted by Crippen LogP contribution is -2.30. The highest BCUT2D eigenvalue weighted by Gasteiger charge is 2.16. The number of nitrogens with zero attached hydrogens (tertiary/aromatic N) is 1. The van der Waals surface area contributed by atoms with Crippen molar-refractivity contribution in [3.63, 3.8) is 0 Å². The predicted molar refractivity (Wildman–Crippen MR) is 65.2 cm³/mol. The Hall–Kier alpha value is -1.78. The fourth-order valence-corrected chi connectivity index (χ4v) is 1.18. The first-order chi connectivity index (χ1) is 7.35. The number of carbonyl (C=O) groups excluding carboxylic acids is 1. The number of hydrogen-bond donors (Lipinski definition) is 3. The summed E-state index contributed by atoms with van der Waals surface area (Å²) >= 11 is 0. The van der Waals surface area contributed by atoms with Gasteiger partial charge < -0.3 is 16.8 Å². The summed E-state index contributed by atoms with van der Waals surface area (Å²) in [6, 6.07) is 1.58. The fraction of sp³-hybridized carbons (Fsp3) is 0.455. The third-order valence-electron chi connectivity index (χ3n) is 2.55. The molecule has 1 rings (SSSR count). The van der Waals surface area contributed by atoms with E-state index in [1.54, 1.807) is 6.07 Å². The van der Waals surface area contributed by atoms with E-state index >= 15 is 0 Å². The molecule has 5 N–H and O–H groups in total. The molecule has 0 aromatic carbocycles. The minimum absolute atomic E-state index is 0.0853. The van der Waals surface area contributed by atoms with Crippen LogP contribution in [0.4, 0.5) is 11.5 Å². The van der Waals surface area contributed by atoms with Crippen molar-refractivity contribution in [2.45, 2.75) is 32.7 Å². The summed E-state index contributed by atoms with van der Waals surface area (Å²) < 4.78 is 0. The summed E-state index contributed by atoms with van der Waals surface area (Å²) in [5.41, 5.74) is 11.3. The van der Waals surface area contributed by atoms with Crippen molar-refractivity contribution in [2.24, 2.45) is 5.73 Å². The summed E-state index contributed by atoms with van der Waals surface area (Å²) in [5, 5.41) is 3.22. The van der Waals surface area contributed by atoms with Crippen molar-refractivity contribution >= 4 is 17.4 Å². The van der Waals surface area contributed by atoms with E-state index in [0.29, 0.717) is 17.1 Å². The van der Waals surface area contributed by atoms with Gasteiger partial charge in [0.1, 0.15) is 5.82 Å². The van der Waals surface area contributed by atoms with Crippen LogP contribution in [0.25, 0.3) is 0 Å². The number of rotatable bonds is 4. The molecule has 0 saturated carbocycles. The summed E-state index contributed by atoms with van der Waals surface area (Å²) in [5.74, 6) is 0.0621. The van der Waals surface area contributed by atoms with Gasteiger partial charge in [0, 0.05) is 5.54 Å². The Kier molecular flexibility index (Phi) is 3.37. The molecule has 0 unspecified atom stereocenters. The highest BCUT2D eigenvalue weighted by molar-refractivity contribution is 5.98. The van der Waals surface area contributed by atoms with Crippen LogP contribution < -0.4 is 16.8 Å². The molecule has 0 aliphatic heterocycles. The smallest absolute Gasteiger partial charge is 0.250 e. The van der Waals surface area contributed by atoms with Gasteiger partial charge in [-0.05, 0) is 26.3 Å². The zero-order valence-corrected chi connectivity index (χ0v) is 9.87. The first-order valence-electron chi connectivity index (χ1n) is 5.19. The number of carbonyl (C=O) groups is 1. The maximum atomic E-state index is 11.1. The van der Waals surface area contributed by atoms with Gasteiger partial charge in [-0.3, -0.25) is 4.79 Å². The largest absolute Gasteiger partial charge is 0.397 e. The summed E-state index contributed by atoms with van der Waals surface area (Å²) in [4.78, 5) is 15.2. The van der Waals surface area contributed by atoms with E-state index in [9.17, 15) is 4.79 Å². The van der Waals surface area contributed by atoms with Crippen LogP contribution in [0.2, 0.25) is 0 Å². The number of hydrogen-bond acceptors (Lipinski definition) is 4. The second-order valence-electron chi connectivity index (χ2n) is 4.38. The third kappa shape index (κ3) is 2.85. The van der Waals surface area contributed by atoms with Crippen molar-refractivity contribution in [1.29, 1.82) is 0 Å². The molecule has 1 heterocycles. The number of nitrogen functional groups attached to an aromatic ring is 1. The van der Waals surface area contributed by atoms with Crippen molar-refractivity contribution in [1.82, 2.24) is 4.98 Å². The highest BCUT2D eigenvalue weighted by atomic mass is 16.1. The third-order valence-corrected chi connectivity index (χ3v) is 2.55. The van der Waals surface area contributed by atoms with Gasteiger partial charge in [0.2, 0.25) is 0 Å². The normalized spacial score (nSPS) is 11.2. The topological polar surface area (TPSA) is 94.0 Å². The van der Waals surface area contributed by atoms with Crippen LogP contribution in [0.1, 0.15) is 37.6 Å². The molecule has 0 saturated heterocycles. The number of aromatic nitrogens is 1. The maximum absolute atomic E-state index is 11.1. The first-order valence-corrected chi connectivity index (χ1v) is 5.19. The Bertz CT molecular complexity index is 401. The second kappa shape index (κ2) is 4.38. The molecule has 88 valence electrons. The average Bonchev–Trinajstić information content (AvgIpc) is 2.20. The lowest BCUT2D eigenvalue weighted by Gasteiger charge is -2.25. The molecule has 0 fully saturated rings. The van der Waals surface area contributed by atoms with E-state index in [4.69, 9.17) is 11.5 Å². The lowest BCUT2D eigenvalue weighted by atomic mass is 10.0. The van der Waals surface area contributed by atoms with Gasteiger partial charge in [-0.2, -0.15) is 0 Å². The van der Waals surface area contributed by atoms with E-state index in [2.05, 4.69) is 31.1 Å². The Labute approximate surface area is 95.2 Å². The molecule has 0 aliphatic rings. The van der Waals surface area contributed by atoms with Gasteiger partial charge in [-0.1, -0.05) is 6.92 Å². The Morgan fingerprint density at radius 2 is 2.19 bits per heavy atom. The Balaban J connectivity index is 3.00. The Morgan fingerprint density at radius 1 is 1.56 bits per heavy atom. The maximum Gasteiger partial charge on any atom is 0.250 e. The van der Waals surface area contributed by atoms with Gasteiger partial charge >= 0.3 is 0 Å². The highest BCUT2D eigenvalue weighted by Crippen LogP contribution is 2.19. The lowest BCUT2D eigenvalue weighted by molar-refractivity contribution is 0.100. The van der Waals surface area contributed by atoms with Crippen molar-refractivity contribution in [2.75, 3.05) is 11.1 Å². The van der Waals surface area contributed by atoms with E-state index in [1.807, 2.05) is 0 Å². The quantitative estimate of drug-likeness (QED) is 0.717. The molecule has 0 radical (unpaired) electrons. The van der Waals surface area contributed by atoms with Crippen molar-refractivity contribution < 1.29 is 4.79 Å².